The number of unbranched alkanes of at least 4 members (excludes halogenated alkanes) is 5. The minimum atomic E-state index is 0.804. The van der Waals surface area contributed by atoms with Crippen molar-refractivity contribution in [1.82, 2.24) is 9.97 Å². The van der Waals surface area contributed by atoms with Crippen molar-refractivity contribution in [3.63, 3.8) is 0 Å². The first-order valence-electron chi connectivity index (χ1n) is 11.3. The van der Waals surface area contributed by atoms with Gasteiger partial charge in [0.15, 0.2) is 5.82 Å². The van der Waals surface area contributed by atoms with E-state index < -0.39 is 0 Å². The Kier molecular flexibility index (Phi) is 8.42. The lowest BCUT2D eigenvalue weighted by atomic mass is 10.00. The Labute approximate surface area is 176 Å². The molecule has 2 heteroatoms. The van der Waals surface area contributed by atoms with Crippen LogP contribution in [0.3, 0.4) is 0 Å². The van der Waals surface area contributed by atoms with Gasteiger partial charge >= 0.3 is 0 Å². The highest BCUT2D eigenvalue weighted by molar-refractivity contribution is 5.67. The third kappa shape index (κ3) is 6.52. The Hall–Kier alpha value is -2.48. The molecule has 1 aromatic heterocycles. The van der Waals surface area contributed by atoms with Crippen LogP contribution in [0.2, 0.25) is 0 Å². The van der Waals surface area contributed by atoms with Gasteiger partial charge in [0.2, 0.25) is 0 Å². The predicted octanol–water partition coefficient (Wildman–Crippen LogP) is 7.67. The van der Waals surface area contributed by atoms with Gasteiger partial charge in [-0.15, -0.1) is 0 Å². The highest BCUT2D eigenvalue weighted by atomic mass is 14.9. The molecule has 0 atom stereocenters. The van der Waals surface area contributed by atoms with Crippen molar-refractivity contribution in [2.45, 2.75) is 71.6 Å². The van der Waals surface area contributed by atoms with Crippen molar-refractivity contribution < 1.29 is 0 Å². The van der Waals surface area contributed by atoms with Crippen molar-refractivity contribution in [1.29, 1.82) is 0 Å². The van der Waals surface area contributed by atoms with Gasteiger partial charge in [-0.3, -0.25) is 0 Å². The van der Waals surface area contributed by atoms with Gasteiger partial charge in [-0.25, -0.2) is 9.97 Å². The van der Waals surface area contributed by atoms with Crippen molar-refractivity contribution in [3.8, 4) is 22.5 Å². The van der Waals surface area contributed by atoms with Crippen LogP contribution in [0.1, 0.15) is 69.9 Å². The van der Waals surface area contributed by atoms with Gasteiger partial charge in [0.25, 0.3) is 0 Å². The first-order chi connectivity index (χ1) is 14.3. The van der Waals surface area contributed by atoms with Crippen molar-refractivity contribution in [2.24, 2.45) is 0 Å². The van der Waals surface area contributed by atoms with Gasteiger partial charge in [-0.2, -0.15) is 0 Å². The SMILES string of the molecule is CCCCCCc1ccc(-c2ccc(-c3ncc(CCCCC)cn3)cc2)cc1. The number of hydrogen-bond donors (Lipinski definition) is 0. The van der Waals surface area contributed by atoms with Gasteiger partial charge < -0.3 is 0 Å². The Morgan fingerprint density at radius 2 is 1.00 bits per heavy atom. The quantitative estimate of drug-likeness (QED) is 0.316. The van der Waals surface area contributed by atoms with E-state index in [1.165, 1.54) is 73.6 Å². The number of aryl methyl sites for hydroxylation is 2. The summed E-state index contributed by atoms with van der Waals surface area (Å²) in [5, 5.41) is 0. The van der Waals surface area contributed by atoms with Gasteiger partial charge in [-0.05, 0) is 47.9 Å². The zero-order chi connectivity index (χ0) is 20.3. The Bertz CT molecular complexity index is 833. The van der Waals surface area contributed by atoms with Crippen LogP contribution in [0.25, 0.3) is 22.5 Å². The van der Waals surface area contributed by atoms with E-state index in [2.05, 4.69) is 72.3 Å². The molecule has 3 rings (SSSR count). The first-order valence-corrected chi connectivity index (χ1v) is 11.3. The smallest absolute Gasteiger partial charge is 0.159 e. The van der Waals surface area contributed by atoms with Crippen LogP contribution in [-0.2, 0) is 12.8 Å². The van der Waals surface area contributed by atoms with E-state index in [-0.39, 0.29) is 0 Å². The van der Waals surface area contributed by atoms with Crippen molar-refractivity contribution in [3.05, 3.63) is 72.1 Å². The summed E-state index contributed by atoms with van der Waals surface area (Å²) in [5.41, 5.74) is 6.24. The summed E-state index contributed by atoms with van der Waals surface area (Å²) in [6.07, 6.45) is 15.2. The topological polar surface area (TPSA) is 25.8 Å². The molecule has 0 fully saturated rings. The van der Waals surface area contributed by atoms with Crippen LogP contribution in [0.5, 0.6) is 0 Å². The molecule has 0 aliphatic carbocycles. The molecule has 0 unspecified atom stereocenters. The standard InChI is InChI=1S/C27H34N2/c1-3-5-7-9-10-22-12-14-24(15-13-22)25-16-18-26(19-17-25)27-28-20-23(21-29-27)11-8-6-4-2/h12-21H,3-11H2,1-2H3. The lowest BCUT2D eigenvalue weighted by Gasteiger charge is -2.07. The fourth-order valence-corrected chi connectivity index (χ4v) is 3.64. The molecular formula is C27H34N2. The number of aromatic nitrogens is 2. The second kappa shape index (κ2) is 11.5. The zero-order valence-electron chi connectivity index (χ0n) is 18.0. The second-order valence-electron chi connectivity index (χ2n) is 7.96. The lowest BCUT2D eigenvalue weighted by Crippen LogP contribution is -1.93. The van der Waals surface area contributed by atoms with E-state index in [0.29, 0.717) is 0 Å². The summed E-state index contributed by atoms with van der Waals surface area (Å²) in [6.45, 7) is 4.49. The van der Waals surface area contributed by atoms with E-state index in [4.69, 9.17) is 0 Å². The zero-order valence-corrected chi connectivity index (χ0v) is 18.0. The molecule has 0 bridgehead atoms. The fraction of sp³-hybridized carbons (Fsp3) is 0.407. The third-order valence-electron chi connectivity index (χ3n) is 5.52. The molecular weight excluding hydrogens is 352 g/mol. The number of rotatable bonds is 11. The van der Waals surface area contributed by atoms with Gasteiger partial charge in [-0.1, -0.05) is 94.5 Å². The van der Waals surface area contributed by atoms with Gasteiger partial charge in [0.1, 0.15) is 0 Å². The van der Waals surface area contributed by atoms with E-state index in [1.807, 2.05) is 12.4 Å². The van der Waals surface area contributed by atoms with Crippen LogP contribution in [0.4, 0.5) is 0 Å². The molecule has 0 aliphatic rings. The minimum absolute atomic E-state index is 0.804. The lowest BCUT2D eigenvalue weighted by molar-refractivity contribution is 0.667. The minimum Gasteiger partial charge on any atom is -0.236 e. The summed E-state index contributed by atoms with van der Waals surface area (Å²) >= 11 is 0. The molecule has 0 spiro atoms. The van der Waals surface area contributed by atoms with Crippen LogP contribution < -0.4 is 0 Å². The largest absolute Gasteiger partial charge is 0.236 e. The number of benzene rings is 2. The highest BCUT2D eigenvalue weighted by Gasteiger charge is 2.04. The maximum Gasteiger partial charge on any atom is 0.159 e. The summed E-state index contributed by atoms with van der Waals surface area (Å²) < 4.78 is 0. The average molecular weight is 387 g/mol. The molecule has 0 amide bonds. The first kappa shape index (κ1) is 21.2. The van der Waals surface area contributed by atoms with Crippen molar-refractivity contribution >= 4 is 0 Å². The molecule has 0 saturated carbocycles. The molecule has 3 aromatic rings. The maximum absolute atomic E-state index is 4.57. The maximum atomic E-state index is 4.57. The summed E-state index contributed by atoms with van der Waals surface area (Å²) in [4.78, 5) is 9.14. The summed E-state index contributed by atoms with van der Waals surface area (Å²) in [5.74, 6) is 0.804. The van der Waals surface area contributed by atoms with E-state index in [1.54, 1.807) is 0 Å². The van der Waals surface area contributed by atoms with Crippen LogP contribution >= 0.6 is 0 Å². The Morgan fingerprint density at radius 3 is 1.62 bits per heavy atom. The molecule has 0 N–H and O–H groups in total. The molecule has 0 saturated heterocycles. The highest BCUT2D eigenvalue weighted by Crippen LogP contribution is 2.24. The number of hydrogen-bond acceptors (Lipinski definition) is 2. The third-order valence-corrected chi connectivity index (χ3v) is 5.52. The second-order valence-corrected chi connectivity index (χ2v) is 7.96. The molecule has 2 nitrogen and oxygen atoms in total. The molecule has 29 heavy (non-hydrogen) atoms. The summed E-state index contributed by atoms with van der Waals surface area (Å²) in [7, 11) is 0. The Balaban J connectivity index is 1.59. The molecule has 1 heterocycles. The van der Waals surface area contributed by atoms with Crippen LogP contribution in [0, 0.1) is 0 Å². The molecule has 0 radical (unpaired) electrons. The van der Waals surface area contributed by atoms with Gasteiger partial charge in [0, 0.05) is 18.0 Å². The monoisotopic (exact) mass is 386 g/mol. The Morgan fingerprint density at radius 1 is 0.517 bits per heavy atom. The van der Waals surface area contributed by atoms with Gasteiger partial charge in [0.05, 0.1) is 0 Å². The van der Waals surface area contributed by atoms with E-state index in [0.717, 1.165) is 17.8 Å². The van der Waals surface area contributed by atoms with Crippen LogP contribution in [0.15, 0.2) is 60.9 Å². The normalized spacial score (nSPS) is 11.0. The number of nitrogens with zero attached hydrogens (tertiary/aromatic N) is 2. The van der Waals surface area contributed by atoms with Crippen molar-refractivity contribution in [2.75, 3.05) is 0 Å². The van der Waals surface area contributed by atoms with E-state index in [9.17, 15) is 0 Å². The van der Waals surface area contributed by atoms with Crippen LogP contribution in [-0.4, -0.2) is 9.97 Å². The van der Waals surface area contributed by atoms with E-state index >= 15 is 0 Å². The average Bonchev–Trinajstić information content (AvgIpc) is 2.78. The molecule has 152 valence electrons. The predicted molar refractivity (Wildman–Crippen MR) is 124 cm³/mol. The summed E-state index contributed by atoms with van der Waals surface area (Å²) in [6, 6.07) is 17.6. The molecule has 2 aromatic carbocycles. The molecule has 0 aliphatic heterocycles. The fourth-order valence-electron chi connectivity index (χ4n) is 3.64.